The zero-order valence-corrected chi connectivity index (χ0v) is 13.9. The molecular formula is C15H23N5S. The van der Waals surface area contributed by atoms with E-state index in [-0.39, 0.29) is 0 Å². The monoisotopic (exact) mass is 305 g/mol. The van der Waals surface area contributed by atoms with Gasteiger partial charge in [0.05, 0.1) is 6.54 Å². The minimum absolute atomic E-state index is 0.480. The highest BCUT2D eigenvalue weighted by Crippen LogP contribution is 2.21. The molecule has 0 aliphatic rings. The average Bonchev–Trinajstić information content (AvgIpc) is 2.87. The molecule has 0 saturated carbocycles. The van der Waals surface area contributed by atoms with Gasteiger partial charge in [0.1, 0.15) is 0 Å². The molecule has 21 heavy (non-hydrogen) atoms. The van der Waals surface area contributed by atoms with Gasteiger partial charge in [-0.05, 0) is 41.0 Å². The van der Waals surface area contributed by atoms with Gasteiger partial charge in [-0.2, -0.15) is 0 Å². The largest absolute Gasteiger partial charge is 0.313 e. The number of aryl methyl sites for hydroxylation is 2. The molecule has 1 aromatic carbocycles. The van der Waals surface area contributed by atoms with Gasteiger partial charge in [0.25, 0.3) is 0 Å². The van der Waals surface area contributed by atoms with Crippen molar-refractivity contribution in [3.8, 4) is 0 Å². The first-order valence-corrected chi connectivity index (χ1v) is 8.23. The molecule has 2 rings (SSSR count). The third-order valence-corrected chi connectivity index (χ3v) is 4.34. The van der Waals surface area contributed by atoms with Crippen LogP contribution in [0.3, 0.4) is 0 Å². The molecule has 2 aromatic rings. The highest BCUT2D eigenvalue weighted by molar-refractivity contribution is 7.98. The number of tetrazole rings is 1. The Morgan fingerprint density at radius 2 is 2.05 bits per heavy atom. The van der Waals surface area contributed by atoms with Gasteiger partial charge in [-0.25, -0.2) is 4.68 Å². The molecule has 0 aliphatic heterocycles. The molecule has 0 fully saturated rings. The van der Waals surface area contributed by atoms with Gasteiger partial charge in [0.2, 0.25) is 5.16 Å². The summed E-state index contributed by atoms with van der Waals surface area (Å²) in [7, 11) is 0. The van der Waals surface area contributed by atoms with Crippen LogP contribution in [0, 0.1) is 13.8 Å². The first-order chi connectivity index (χ1) is 10.1. The Kier molecular flexibility index (Phi) is 5.76. The predicted octanol–water partition coefficient (Wildman–Crippen LogP) is 2.58. The van der Waals surface area contributed by atoms with Crippen LogP contribution in [-0.4, -0.2) is 32.8 Å². The van der Waals surface area contributed by atoms with E-state index in [2.05, 4.69) is 66.7 Å². The highest BCUT2D eigenvalue weighted by Gasteiger charge is 2.07. The lowest BCUT2D eigenvalue weighted by Gasteiger charge is -2.09. The number of aromatic nitrogens is 4. The Balaban J connectivity index is 1.91. The molecule has 5 nitrogen and oxygen atoms in total. The van der Waals surface area contributed by atoms with Crippen LogP contribution in [0.4, 0.5) is 0 Å². The number of hydrogen-bond acceptors (Lipinski definition) is 5. The van der Waals surface area contributed by atoms with Crippen LogP contribution in [-0.2, 0) is 12.3 Å². The number of hydrogen-bond donors (Lipinski definition) is 1. The summed E-state index contributed by atoms with van der Waals surface area (Å²) in [5.41, 5.74) is 3.96. The lowest BCUT2D eigenvalue weighted by Crippen LogP contribution is -2.27. The standard InChI is InChI=1S/C15H23N5S/c1-11(2)16-7-8-20-15(17-18-19-20)21-10-14-6-5-12(3)13(4)9-14/h5-6,9,11,16H,7-8,10H2,1-4H3. The molecule has 1 aromatic heterocycles. The fourth-order valence-electron chi connectivity index (χ4n) is 1.94. The van der Waals surface area contributed by atoms with Gasteiger partial charge in [-0.15, -0.1) is 5.10 Å². The third kappa shape index (κ3) is 4.82. The van der Waals surface area contributed by atoms with Crippen molar-refractivity contribution >= 4 is 11.8 Å². The first-order valence-electron chi connectivity index (χ1n) is 7.24. The summed E-state index contributed by atoms with van der Waals surface area (Å²) < 4.78 is 1.86. The molecule has 0 spiro atoms. The second kappa shape index (κ2) is 7.56. The molecule has 0 unspecified atom stereocenters. The Hall–Kier alpha value is -1.40. The first kappa shape index (κ1) is 16.0. The van der Waals surface area contributed by atoms with Crippen molar-refractivity contribution in [2.45, 2.75) is 51.2 Å². The SMILES string of the molecule is Cc1ccc(CSc2nnnn2CCNC(C)C)cc1C. The smallest absolute Gasteiger partial charge is 0.209 e. The van der Waals surface area contributed by atoms with E-state index in [9.17, 15) is 0 Å². The van der Waals surface area contributed by atoms with Crippen molar-refractivity contribution in [3.63, 3.8) is 0 Å². The van der Waals surface area contributed by atoms with E-state index >= 15 is 0 Å². The van der Waals surface area contributed by atoms with Gasteiger partial charge in [-0.1, -0.05) is 43.8 Å². The van der Waals surface area contributed by atoms with Gasteiger partial charge in [0.15, 0.2) is 0 Å². The summed E-state index contributed by atoms with van der Waals surface area (Å²) in [5.74, 6) is 0.888. The summed E-state index contributed by atoms with van der Waals surface area (Å²) in [5, 5.41) is 16.2. The fraction of sp³-hybridized carbons (Fsp3) is 0.533. The highest BCUT2D eigenvalue weighted by atomic mass is 32.2. The average molecular weight is 305 g/mol. The topological polar surface area (TPSA) is 55.6 Å². The number of nitrogens with zero attached hydrogens (tertiary/aromatic N) is 4. The molecule has 0 amide bonds. The van der Waals surface area contributed by atoms with E-state index in [1.807, 2.05) is 4.68 Å². The van der Waals surface area contributed by atoms with Crippen LogP contribution in [0.5, 0.6) is 0 Å². The Morgan fingerprint density at radius 3 is 2.76 bits per heavy atom. The summed E-state index contributed by atoms with van der Waals surface area (Å²) >= 11 is 1.68. The second-order valence-corrected chi connectivity index (χ2v) is 6.44. The van der Waals surface area contributed by atoms with Crippen molar-refractivity contribution in [3.05, 3.63) is 34.9 Å². The third-order valence-electron chi connectivity index (χ3n) is 3.31. The molecule has 0 atom stereocenters. The molecule has 114 valence electrons. The van der Waals surface area contributed by atoms with Crippen molar-refractivity contribution in [1.82, 2.24) is 25.5 Å². The second-order valence-electron chi connectivity index (χ2n) is 5.50. The Bertz CT molecular complexity index is 579. The maximum Gasteiger partial charge on any atom is 0.209 e. The minimum Gasteiger partial charge on any atom is -0.313 e. The Labute approximate surface area is 130 Å². The van der Waals surface area contributed by atoms with Crippen LogP contribution < -0.4 is 5.32 Å². The maximum absolute atomic E-state index is 4.11. The molecular weight excluding hydrogens is 282 g/mol. The summed E-state index contributed by atoms with van der Waals surface area (Å²) in [4.78, 5) is 0. The van der Waals surface area contributed by atoms with Crippen LogP contribution in [0.15, 0.2) is 23.4 Å². The number of thioether (sulfide) groups is 1. The molecule has 0 saturated heterocycles. The number of benzene rings is 1. The fourth-order valence-corrected chi connectivity index (χ4v) is 2.79. The molecule has 0 aliphatic carbocycles. The van der Waals surface area contributed by atoms with Gasteiger partial charge in [0, 0.05) is 18.3 Å². The molecule has 0 radical (unpaired) electrons. The van der Waals surface area contributed by atoms with Gasteiger partial charge in [-0.3, -0.25) is 0 Å². The molecule has 1 heterocycles. The van der Waals surface area contributed by atoms with Crippen molar-refractivity contribution in [2.24, 2.45) is 0 Å². The van der Waals surface area contributed by atoms with E-state index in [0.717, 1.165) is 24.0 Å². The van der Waals surface area contributed by atoms with Crippen LogP contribution in [0.25, 0.3) is 0 Å². The van der Waals surface area contributed by atoms with E-state index in [1.165, 1.54) is 16.7 Å². The van der Waals surface area contributed by atoms with Crippen LogP contribution in [0.1, 0.15) is 30.5 Å². The lowest BCUT2D eigenvalue weighted by molar-refractivity contribution is 0.485. The summed E-state index contributed by atoms with van der Waals surface area (Å²) in [6.45, 7) is 10.2. The molecule has 6 heteroatoms. The summed E-state index contributed by atoms with van der Waals surface area (Å²) in [6, 6.07) is 7.05. The zero-order valence-electron chi connectivity index (χ0n) is 13.1. The van der Waals surface area contributed by atoms with Gasteiger partial charge >= 0.3 is 0 Å². The van der Waals surface area contributed by atoms with E-state index in [1.54, 1.807) is 11.8 Å². The normalized spacial score (nSPS) is 11.3. The number of nitrogens with one attached hydrogen (secondary N) is 1. The minimum atomic E-state index is 0.480. The van der Waals surface area contributed by atoms with E-state index in [0.29, 0.717) is 6.04 Å². The quantitative estimate of drug-likeness (QED) is 0.797. The van der Waals surface area contributed by atoms with E-state index in [4.69, 9.17) is 0 Å². The van der Waals surface area contributed by atoms with Crippen molar-refractivity contribution in [2.75, 3.05) is 6.54 Å². The number of rotatable bonds is 7. The zero-order chi connectivity index (χ0) is 15.2. The molecule has 0 bridgehead atoms. The van der Waals surface area contributed by atoms with Crippen molar-refractivity contribution < 1.29 is 0 Å². The predicted molar refractivity (Wildman–Crippen MR) is 86.4 cm³/mol. The lowest BCUT2D eigenvalue weighted by atomic mass is 10.1. The Morgan fingerprint density at radius 1 is 1.24 bits per heavy atom. The van der Waals surface area contributed by atoms with Crippen LogP contribution >= 0.6 is 11.8 Å². The van der Waals surface area contributed by atoms with Crippen LogP contribution in [0.2, 0.25) is 0 Å². The van der Waals surface area contributed by atoms with Crippen molar-refractivity contribution in [1.29, 1.82) is 0 Å². The summed E-state index contributed by atoms with van der Waals surface area (Å²) in [6.07, 6.45) is 0. The molecule has 1 N–H and O–H groups in total. The van der Waals surface area contributed by atoms with Gasteiger partial charge < -0.3 is 5.32 Å². The maximum atomic E-state index is 4.11. The van der Waals surface area contributed by atoms with E-state index < -0.39 is 0 Å².